The molecule has 3 rings (SSSR count). The van der Waals surface area contributed by atoms with Crippen LogP contribution in [0.1, 0.15) is 29.6 Å². The van der Waals surface area contributed by atoms with Gasteiger partial charge in [-0.25, -0.2) is 4.98 Å². The summed E-state index contributed by atoms with van der Waals surface area (Å²) in [5.74, 6) is -0.401. The highest BCUT2D eigenvalue weighted by molar-refractivity contribution is 7.15. The number of amides is 1. The molecule has 0 aliphatic carbocycles. The minimum absolute atomic E-state index is 0.0566. The summed E-state index contributed by atoms with van der Waals surface area (Å²) >= 11 is 1.35. The fraction of sp³-hybridized carbons (Fsp3) is 0.533. The summed E-state index contributed by atoms with van der Waals surface area (Å²) in [5, 5.41) is 4.49. The third-order valence-corrected chi connectivity index (χ3v) is 4.44. The molecule has 0 bridgehead atoms. The number of hydrogen-bond acceptors (Lipinski definition) is 6. The van der Waals surface area contributed by atoms with Crippen molar-refractivity contribution in [2.75, 3.05) is 26.4 Å². The predicted octanol–water partition coefficient (Wildman–Crippen LogP) is 1.07. The summed E-state index contributed by atoms with van der Waals surface area (Å²) in [6, 6.07) is 0. The fourth-order valence-corrected chi connectivity index (χ4v) is 3.12. The maximum Gasteiger partial charge on any atom is 0.271 e. The van der Waals surface area contributed by atoms with Gasteiger partial charge >= 0.3 is 0 Å². The molecular formula is C15H19N3O4S. The molecule has 1 aliphatic heterocycles. The van der Waals surface area contributed by atoms with Crippen LogP contribution in [0.2, 0.25) is 0 Å². The molecule has 124 valence electrons. The smallest absolute Gasteiger partial charge is 0.271 e. The summed E-state index contributed by atoms with van der Waals surface area (Å²) in [4.78, 5) is 28.9. The van der Waals surface area contributed by atoms with E-state index in [0.717, 1.165) is 19.4 Å². The summed E-state index contributed by atoms with van der Waals surface area (Å²) in [7, 11) is 0. The number of nitrogens with zero attached hydrogens (tertiary/aromatic N) is 2. The lowest BCUT2D eigenvalue weighted by Gasteiger charge is -2.10. The lowest BCUT2D eigenvalue weighted by Crippen LogP contribution is -2.32. The molecule has 8 heteroatoms. The van der Waals surface area contributed by atoms with Crippen molar-refractivity contribution in [2.24, 2.45) is 0 Å². The van der Waals surface area contributed by atoms with E-state index in [1.54, 1.807) is 11.6 Å². The topological polar surface area (TPSA) is 81.9 Å². The highest BCUT2D eigenvalue weighted by Crippen LogP contribution is 2.11. The second-order valence-electron chi connectivity index (χ2n) is 5.35. The van der Waals surface area contributed by atoms with E-state index in [1.807, 2.05) is 0 Å². The number of rotatable bonds is 7. The first kappa shape index (κ1) is 16.1. The number of ether oxygens (including phenoxy) is 2. The lowest BCUT2D eigenvalue weighted by molar-refractivity contribution is 0.0166. The molecule has 0 unspecified atom stereocenters. The molecule has 1 saturated heterocycles. The molecule has 1 amide bonds. The minimum Gasteiger partial charge on any atom is -0.379 e. The van der Waals surface area contributed by atoms with Gasteiger partial charge in [-0.1, -0.05) is 0 Å². The first-order chi connectivity index (χ1) is 11.3. The van der Waals surface area contributed by atoms with E-state index in [9.17, 15) is 9.59 Å². The van der Waals surface area contributed by atoms with Crippen molar-refractivity contribution in [1.82, 2.24) is 14.7 Å². The van der Waals surface area contributed by atoms with E-state index in [2.05, 4.69) is 10.3 Å². The Balaban J connectivity index is 1.41. The minimum atomic E-state index is -0.401. The molecule has 7 nitrogen and oxygen atoms in total. The first-order valence-electron chi connectivity index (χ1n) is 7.68. The highest BCUT2D eigenvalue weighted by Gasteiger charge is 2.15. The highest BCUT2D eigenvalue weighted by atomic mass is 32.1. The van der Waals surface area contributed by atoms with E-state index >= 15 is 0 Å². The van der Waals surface area contributed by atoms with Crippen LogP contribution in [-0.4, -0.2) is 47.8 Å². The Labute approximate surface area is 137 Å². The van der Waals surface area contributed by atoms with Crippen LogP contribution in [0.4, 0.5) is 0 Å². The Morgan fingerprint density at radius 1 is 1.57 bits per heavy atom. The van der Waals surface area contributed by atoms with E-state index in [1.165, 1.54) is 21.9 Å². The number of nitrogens with one attached hydrogen (secondary N) is 1. The van der Waals surface area contributed by atoms with Crippen LogP contribution in [0, 0.1) is 0 Å². The van der Waals surface area contributed by atoms with Crippen molar-refractivity contribution in [3.63, 3.8) is 0 Å². The van der Waals surface area contributed by atoms with E-state index in [0.29, 0.717) is 31.1 Å². The molecule has 1 fully saturated rings. The summed E-state index contributed by atoms with van der Waals surface area (Å²) < 4.78 is 12.4. The van der Waals surface area contributed by atoms with Gasteiger partial charge in [0, 0.05) is 37.5 Å². The van der Waals surface area contributed by atoms with Crippen LogP contribution in [0.25, 0.3) is 4.96 Å². The molecule has 0 aromatic carbocycles. The Hall–Kier alpha value is -1.77. The van der Waals surface area contributed by atoms with Crippen LogP contribution in [-0.2, 0) is 9.47 Å². The molecular weight excluding hydrogens is 318 g/mol. The second-order valence-corrected chi connectivity index (χ2v) is 6.23. The van der Waals surface area contributed by atoms with Crippen molar-refractivity contribution < 1.29 is 14.3 Å². The Morgan fingerprint density at radius 3 is 3.30 bits per heavy atom. The number of carbonyl (C=O) groups excluding carboxylic acids is 1. The third kappa shape index (κ3) is 3.95. The average Bonchev–Trinajstić information content (AvgIpc) is 3.22. The summed E-state index contributed by atoms with van der Waals surface area (Å²) in [5.41, 5.74) is -0.287. The predicted molar refractivity (Wildman–Crippen MR) is 86.1 cm³/mol. The Bertz CT molecular complexity index is 721. The lowest BCUT2D eigenvalue weighted by atomic mass is 10.2. The van der Waals surface area contributed by atoms with Gasteiger partial charge in [-0.15, -0.1) is 11.3 Å². The van der Waals surface area contributed by atoms with Gasteiger partial charge in [0.25, 0.3) is 11.5 Å². The van der Waals surface area contributed by atoms with E-state index in [4.69, 9.17) is 9.47 Å². The zero-order chi connectivity index (χ0) is 16.1. The molecule has 1 atom stereocenters. The van der Waals surface area contributed by atoms with Crippen molar-refractivity contribution in [2.45, 2.75) is 25.4 Å². The van der Waals surface area contributed by atoms with Gasteiger partial charge in [-0.3, -0.25) is 14.0 Å². The largest absolute Gasteiger partial charge is 0.379 e. The molecule has 0 spiro atoms. The van der Waals surface area contributed by atoms with Crippen LogP contribution in [0.3, 0.4) is 0 Å². The zero-order valence-electron chi connectivity index (χ0n) is 12.7. The van der Waals surface area contributed by atoms with Gasteiger partial charge < -0.3 is 14.8 Å². The maximum absolute atomic E-state index is 12.1. The molecule has 1 N–H and O–H groups in total. The van der Waals surface area contributed by atoms with Gasteiger partial charge in [-0.2, -0.15) is 0 Å². The molecule has 23 heavy (non-hydrogen) atoms. The van der Waals surface area contributed by atoms with Crippen molar-refractivity contribution >= 4 is 22.2 Å². The Kier molecular flexibility index (Phi) is 5.37. The number of aromatic nitrogens is 2. The van der Waals surface area contributed by atoms with Gasteiger partial charge in [0.15, 0.2) is 4.96 Å². The van der Waals surface area contributed by atoms with Gasteiger partial charge in [-0.05, 0) is 19.3 Å². The maximum atomic E-state index is 12.1. The van der Waals surface area contributed by atoms with Gasteiger partial charge in [0.2, 0.25) is 0 Å². The van der Waals surface area contributed by atoms with Gasteiger partial charge in [0.05, 0.1) is 12.7 Å². The van der Waals surface area contributed by atoms with Gasteiger partial charge in [0.1, 0.15) is 5.56 Å². The van der Waals surface area contributed by atoms with Crippen LogP contribution < -0.4 is 10.9 Å². The number of hydrogen-bond donors (Lipinski definition) is 1. The molecule has 1 aliphatic rings. The molecule has 0 radical (unpaired) electrons. The monoisotopic (exact) mass is 337 g/mol. The quantitative estimate of drug-likeness (QED) is 0.764. The SMILES string of the molecule is O=C(NCCCOC[C@@H]1CCCO1)c1cnc2sccn2c1=O. The molecule has 2 aromatic rings. The van der Waals surface area contributed by atoms with E-state index in [-0.39, 0.29) is 17.2 Å². The first-order valence-corrected chi connectivity index (χ1v) is 8.56. The molecule has 3 heterocycles. The standard InChI is InChI=1S/C15H19N3O4S/c19-13(12-9-17-15-18(14(12)20)5-8-23-15)16-4-2-6-21-10-11-3-1-7-22-11/h5,8-9,11H,1-4,6-7,10H2,(H,16,19)/t11-/m0/s1. The average molecular weight is 337 g/mol. The molecule has 0 saturated carbocycles. The zero-order valence-corrected chi connectivity index (χ0v) is 13.5. The van der Waals surface area contributed by atoms with Crippen molar-refractivity contribution in [1.29, 1.82) is 0 Å². The number of carbonyl (C=O) groups is 1. The van der Waals surface area contributed by atoms with Crippen LogP contribution in [0.5, 0.6) is 0 Å². The summed E-state index contributed by atoms with van der Waals surface area (Å²) in [6.07, 6.45) is 6.00. The van der Waals surface area contributed by atoms with Crippen LogP contribution in [0.15, 0.2) is 22.6 Å². The van der Waals surface area contributed by atoms with Crippen LogP contribution >= 0.6 is 11.3 Å². The van der Waals surface area contributed by atoms with Crippen molar-refractivity contribution in [3.8, 4) is 0 Å². The van der Waals surface area contributed by atoms with E-state index < -0.39 is 5.91 Å². The molecule has 2 aromatic heterocycles. The second kappa shape index (κ2) is 7.67. The Morgan fingerprint density at radius 2 is 2.48 bits per heavy atom. The number of fused-ring (bicyclic) bond motifs is 1. The summed E-state index contributed by atoms with van der Waals surface area (Å²) in [6.45, 7) is 2.44. The number of thiazole rings is 1. The third-order valence-electron chi connectivity index (χ3n) is 3.67. The fourth-order valence-electron chi connectivity index (χ4n) is 2.44. The normalized spacial score (nSPS) is 17.7. The van der Waals surface area contributed by atoms with Crippen molar-refractivity contribution in [3.05, 3.63) is 33.7 Å².